The predicted molar refractivity (Wildman–Crippen MR) is 110 cm³/mol. The number of ether oxygens (including phenoxy) is 2. The molecule has 1 aromatic heterocycles. The van der Waals surface area contributed by atoms with Crippen LogP contribution < -0.4 is 14.5 Å². The lowest BCUT2D eigenvalue weighted by molar-refractivity contribution is -0.937. The van der Waals surface area contributed by atoms with Gasteiger partial charge in [-0.2, -0.15) is 0 Å². The molecule has 0 aliphatic carbocycles. The van der Waals surface area contributed by atoms with E-state index >= 15 is 0 Å². The van der Waals surface area contributed by atoms with Gasteiger partial charge >= 0.3 is 0 Å². The number of piperazine rings is 1. The van der Waals surface area contributed by atoms with Crippen molar-refractivity contribution < 1.29 is 14.4 Å². The number of methoxy groups -OCH3 is 1. The van der Waals surface area contributed by atoms with Crippen LogP contribution in [0.15, 0.2) is 24.3 Å². The third-order valence-electron chi connectivity index (χ3n) is 6.19. The largest absolute Gasteiger partial charge is 0.497 e. The Morgan fingerprint density at radius 2 is 1.97 bits per heavy atom. The van der Waals surface area contributed by atoms with Crippen LogP contribution in [0, 0.1) is 5.92 Å². The zero-order valence-corrected chi connectivity index (χ0v) is 17.8. The third kappa shape index (κ3) is 4.53. The van der Waals surface area contributed by atoms with Crippen molar-refractivity contribution in [3.63, 3.8) is 0 Å². The SMILES string of the molecule is COc1ccc(N2CC[NH+]([C@H](c3nnnn3C[C@H]3CCCO3)C(C)C)CC2)cc1. The van der Waals surface area contributed by atoms with Crippen LogP contribution in [0.25, 0.3) is 0 Å². The molecule has 2 fully saturated rings. The third-order valence-corrected chi connectivity index (χ3v) is 6.19. The Labute approximate surface area is 172 Å². The summed E-state index contributed by atoms with van der Waals surface area (Å²) in [6.07, 6.45) is 2.47. The van der Waals surface area contributed by atoms with Gasteiger partial charge in [-0.25, -0.2) is 4.68 Å². The molecule has 2 atom stereocenters. The first-order chi connectivity index (χ1) is 14.2. The summed E-state index contributed by atoms with van der Waals surface area (Å²) in [6.45, 7) is 10.4. The van der Waals surface area contributed by atoms with Gasteiger partial charge in [0.1, 0.15) is 5.75 Å². The minimum absolute atomic E-state index is 0.243. The first-order valence-electron chi connectivity index (χ1n) is 10.8. The van der Waals surface area contributed by atoms with Gasteiger partial charge in [-0.1, -0.05) is 13.8 Å². The van der Waals surface area contributed by atoms with Crippen molar-refractivity contribution in [3.05, 3.63) is 30.1 Å². The smallest absolute Gasteiger partial charge is 0.209 e. The highest BCUT2D eigenvalue weighted by atomic mass is 16.5. The van der Waals surface area contributed by atoms with Gasteiger partial charge in [0.2, 0.25) is 5.82 Å². The van der Waals surface area contributed by atoms with E-state index in [0.717, 1.165) is 63.7 Å². The minimum Gasteiger partial charge on any atom is -0.497 e. The number of aromatic nitrogens is 4. The molecule has 2 aromatic rings. The summed E-state index contributed by atoms with van der Waals surface area (Å²) in [6, 6.07) is 8.65. The molecule has 3 heterocycles. The van der Waals surface area contributed by atoms with Crippen LogP contribution in [0.3, 0.4) is 0 Å². The number of quaternary nitrogens is 1. The first-order valence-corrected chi connectivity index (χ1v) is 10.8. The van der Waals surface area contributed by atoms with Gasteiger partial charge in [0.05, 0.1) is 45.9 Å². The zero-order valence-electron chi connectivity index (χ0n) is 17.8. The van der Waals surface area contributed by atoms with E-state index in [4.69, 9.17) is 9.47 Å². The highest BCUT2D eigenvalue weighted by molar-refractivity contribution is 5.49. The maximum atomic E-state index is 5.81. The summed E-state index contributed by atoms with van der Waals surface area (Å²) in [5.74, 6) is 2.37. The molecule has 0 spiro atoms. The van der Waals surface area contributed by atoms with Crippen molar-refractivity contribution in [3.8, 4) is 5.75 Å². The van der Waals surface area contributed by atoms with E-state index in [1.807, 2.05) is 16.8 Å². The molecule has 0 saturated carbocycles. The van der Waals surface area contributed by atoms with E-state index in [2.05, 4.69) is 46.4 Å². The van der Waals surface area contributed by atoms with Crippen molar-refractivity contribution in [1.82, 2.24) is 20.2 Å². The summed E-state index contributed by atoms with van der Waals surface area (Å²) in [4.78, 5) is 4.02. The molecule has 0 radical (unpaired) electrons. The van der Waals surface area contributed by atoms with Crippen molar-refractivity contribution in [1.29, 1.82) is 0 Å². The number of benzene rings is 1. The van der Waals surface area contributed by atoms with Gasteiger partial charge in [-0.15, -0.1) is 5.10 Å². The number of anilines is 1. The average molecular weight is 402 g/mol. The molecule has 4 rings (SSSR count). The predicted octanol–water partition coefficient (Wildman–Crippen LogP) is 0.963. The molecule has 2 aliphatic heterocycles. The molecular formula is C21H33N6O2+. The summed E-state index contributed by atoms with van der Waals surface area (Å²) in [7, 11) is 1.70. The number of tetrazole rings is 1. The molecule has 1 aromatic carbocycles. The summed E-state index contributed by atoms with van der Waals surface area (Å²) < 4.78 is 13.1. The van der Waals surface area contributed by atoms with Crippen LogP contribution in [-0.4, -0.2) is 66.2 Å². The Morgan fingerprint density at radius 3 is 2.59 bits per heavy atom. The molecule has 29 heavy (non-hydrogen) atoms. The summed E-state index contributed by atoms with van der Waals surface area (Å²) >= 11 is 0. The fourth-order valence-corrected chi connectivity index (χ4v) is 4.65. The first kappa shape index (κ1) is 20.1. The minimum atomic E-state index is 0.243. The van der Waals surface area contributed by atoms with E-state index in [1.54, 1.807) is 12.0 Å². The maximum Gasteiger partial charge on any atom is 0.209 e. The lowest BCUT2D eigenvalue weighted by Crippen LogP contribution is -3.15. The van der Waals surface area contributed by atoms with Crippen molar-refractivity contribution in [2.24, 2.45) is 5.92 Å². The Balaban J connectivity index is 1.43. The van der Waals surface area contributed by atoms with Gasteiger partial charge in [0.25, 0.3) is 0 Å². The van der Waals surface area contributed by atoms with Gasteiger partial charge in [0.15, 0.2) is 6.04 Å². The highest BCUT2D eigenvalue weighted by Gasteiger charge is 2.35. The Kier molecular flexibility index (Phi) is 6.30. The normalized spacial score (nSPS) is 21.7. The molecular weight excluding hydrogens is 368 g/mol. The quantitative estimate of drug-likeness (QED) is 0.745. The second kappa shape index (κ2) is 9.09. The van der Waals surface area contributed by atoms with Gasteiger partial charge < -0.3 is 19.3 Å². The highest BCUT2D eigenvalue weighted by Crippen LogP contribution is 2.21. The molecule has 0 amide bonds. The summed E-state index contributed by atoms with van der Waals surface area (Å²) in [5, 5.41) is 12.8. The average Bonchev–Trinajstić information content (AvgIpc) is 3.42. The molecule has 2 aliphatic rings. The number of hydrogen-bond donors (Lipinski definition) is 1. The van der Waals surface area contributed by atoms with Gasteiger partial charge in [0, 0.05) is 18.2 Å². The standard InChI is InChI=1S/C21H32N6O2/c1-16(2)20(21-22-23-24-27(21)15-19-5-4-14-29-19)26-12-10-25(11-13-26)17-6-8-18(28-3)9-7-17/h6-9,16,19-20H,4-5,10-15H2,1-3H3/p+1/t19-,20+/m1/s1. The summed E-state index contributed by atoms with van der Waals surface area (Å²) in [5.41, 5.74) is 1.26. The Morgan fingerprint density at radius 1 is 1.21 bits per heavy atom. The monoisotopic (exact) mass is 401 g/mol. The number of rotatable bonds is 7. The van der Waals surface area contributed by atoms with Crippen LogP contribution in [0.1, 0.15) is 38.6 Å². The lowest BCUT2D eigenvalue weighted by atomic mass is 10.0. The molecule has 2 saturated heterocycles. The number of hydrogen-bond acceptors (Lipinski definition) is 6. The van der Waals surface area contributed by atoms with Crippen molar-refractivity contribution >= 4 is 5.69 Å². The van der Waals surface area contributed by atoms with E-state index in [0.29, 0.717) is 12.0 Å². The van der Waals surface area contributed by atoms with Crippen LogP contribution >= 0.6 is 0 Å². The fourth-order valence-electron chi connectivity index (χ4n) is 4.65. The van der Waals surface area contributed by atoms with Gasteiger partial charge in [-0.05, 0) is 47.5 Å². The lowest BCUT2D eigenvalue weighted by Gasteiger charge is -2.38. The van der Waals surface area contributed by atoms with Crippen LogP contribution in [0.5, 0.6) is 5.75 Å². The second-order valence-electron chi connectivity index (χ2n) is 8.42. The van der Waals surface area contributed by atoms with E-state index < -0.39 is 0 Å². The Hall–Kier alpha value is -2.19. The molecule has 8 heteroatoms. The fraction of sp³-hybridized carbons (Fsp3) is 0.667. The maximum absolute atomic E-state index is 5.81. The molecule has 158 valence electrons. The van der Waals surface area contributed by atoms with Crippen molar-refractivity contribution in [2.75, 3.05) is 44.8 Å². The molecule has 8 nitrogen and oxygen atoms in total. The number of nitrogens with one attached hydrogen (secondary N) is 1. The number of nitrogens with zero attached hydrogens (tertiary/aromatic N) is 5. The van der Waals surface area contributed by atoms with Crippen LogP contribution in [0.2, 0.25) is 0 Å². The van der Waals surface area contributed by atoms with Crippen LogP contribution in [-0.2, 0) is 11.3 Å². The zero-order chi connectivity index (χ0) is 20.2. The topological polar surface area (TPSA) is 69.7 Å². The van der Waals surface area contributed by atoms with E-state index in [9.17, 15) is 0 Å². The van der Waals surface area contributed by atoms with Crippen LogP contribution in [0.4, 0.5) is 5.69 Å². The molecule has 0 bridgehead atoms. The van der Waals surface area contributed by atoms with Crippen molar-refractivity contribution in [2.45, 2.75) is 45.4 Å². The van der Waals surface area contributed by atoms with E-state index in [1.165, 1.54) is 5.69 Å². The second-order valence-corrected chi connectivity index (χ2v) is 8.42. The molecule has 0 unspecified atom stereocenters. The van der Waals surface area contributed by atoms with E-state index in [-0.39, 0.29) is 6.10 Å². The Bertz CT molecular complexity index is 764. The molecule has 1 N–H and O–H groups in total. The van der Waals surface area contributed by atoms with Gasteiger partial charge in [-0.3, -0.25) is 0 Å².